The molecular weight excluding hydrogens is 367 g/mol. The van der Waals surface area contributed by atoms with Crippen LogP contribution in [-0.2, 0) is 0 Å². The van der Waals surface area contributed by atoms with Gasteiger partial charge in [-0.05, 0) is 53.1 Å². The molecule has 24 heavy (non-hydrogen) atoms. The van der Waals surface area contributed by atoms with Crippen molar-refractivity contribution in [1.29, 1.82) is 0 Å². The van der Waals surface area contributed by atoms with Crippen molar-refractivity contribution in [2.45, 2.75) is 0 Å². The fourth-order valence-corrected chi connectivity index (χ4v) is 2.86. The lowest BCUT2D eigenvalue weighted by Crippen LogP contribution is -1.90. The van der Waals surface area contributed by atoms with E-state index in [2.05, 4.69) is 0 Å². The molecule has 0 saturated carbocycles. The van der Waals surface area contributed by atoms with Crippen LogP contribution in [-0.4, -0.2) is 11.4 Å². The summed E-state index contributed by atoms with van der Waals surface area (Å²) in [7, 11) is 0. The van der Waals surface area contributed by atoms with Gasteiger partial charge < -0.3 is 5.11 Å². The predicted molar refractivity (Wildman–Crippen MR) is 99.4 cm³/mol. The van der Waals surface area contributed by atoms with E-state index in [-0.39, 0.29) is 11.3 Å². The Morgan fingerprint density at radius 2 is 1.42 bits per heavy atom. The second kappa shape index (κ2) is 6.86. The molecule has 0 unspecified atom stereocenters. The maximum absolute atomic E-state index is 11.3. The molecule has 3 rings (SSSR count). The zero-order chi connectivity index (χ0) is 17.3. The summed E-state index contributed by atoms with van der Waals surface area (Å²) >= 11 is 17.9. The highest BCUT2D eigenvalue weighted by Gasteiger charge is 2.13. The molecule has 120 valence electrons. The van der Waals surface area contributed by atoms with Crippen molar-refractivity contribution in [2.75, 3.05) is 0 Å². The van der Waals surface area contributed by atoms with E-state index in [9.17, 15) is 9.90 Å². The fraction of sp³-hybridized carbons (Fsp3) is 0. The Morgan fingerprint density at radius 3 is 2.04 bits per heavy atom. The lowest BCUT2D eigenvalue weighted by molar-refractivity contribution is 0.112. The molecule has 0 aromatic heterocycles. The predicted octanol–water partition coefficient (Wildman–Crippen LogP) is 6.50. The Kier molecular flexibility index (Phi) is 4.81. The third-order valence-electron chi connectivity index (χ3n) is 3.67. The van der Waals surface area contributed by atoms with E-state index in [1.54, 1.807) is 42.5 Å². The van der Waals surface area contributed by atoms with Gasteiger partial charge in [0.2, 0.25) is 0 Å². The smallest absolute Gasteiger partial charge is 0.153 e. The normalized spacial score (nSPS) is 10.6. The van der Waals surface area contributed by atoms with Crippen molar-refractivity contribution in [3.63, 3.8) is 0 Å². The molecule has 3 aromatic carbocycles. The maximum atomic E-state index is 11.3. The molecule has 1 N–H and O–H groups in total. The van der Waals surface area contributed by atoms with Gasteiger partial charge in [-0.1, -0.05) is 53.0 Å². The molecule has 0 amide bonds. The molecule has 0 fully saturated rings. The first kappa shape index (κ1) is 16.8. The van der Waals surface area contributed by atoms with Crippen LogP contribution in [0, 0.1) is 0 Å². The van der Waals surface area contributed by atoms with Crippen LogP contribution in [0.4, 0.5) is 0 Å². The minimum Gasteiger partial charge on any atom is -0.507 e. The van der Waals surface area contributed by atoms with Gasteiger partial charge in [0.25, 0.3) is 0 Å². The largest absolute Gasteiger partial charge is 0.507 e. The molecule has 3 aromatic rings. The molecule has 0 saturated heterocycles. The summed E-state index contributed by atoms with van der Waals surface area (Å²) in [5.41, 5.74) is 3.03. The Balaban J connectivity index is 2.21. The van der Waals surface area contributed by atoms with Gasteiger partial charge in [0.15, 0.2) is 6.29 Å². The number of carbonyl (C=O) groups is 1. The molecule has 5 heteroatoms. The van der Waals surface area contributed by atoms with E-state index < -0.39 is 0 Å². The number of phenolic OH excluding ortho intramolecular Hbond substituents is 1. The molecule has 0 aliphatic rings. The van der Waals surface area contributed by atoms with Crippen molar-refractivity contribution >= 4 is 41.1 Å². The van der Waals surface area contributed by atoms with Gasteiger partial charge in [-0.3, -0.25) is 4.79 Å². The van der Waals surface area contributed by atoms with Crippen molar-refractivity contribution in [3.8, 4) is 28.0 Å². The number of benzene rings is 3. The topological polar surface area (TPSA) is 37.3 Å². The highest BCUT2D eigenvalue weighted by Crippen LogP contribution is 2.38. The SMILES string of the molecule is O=Cc1cc(-c2ccc(Cl)cc2)cc(-c2ccc(Cl)c(Cl)c2)c1O. The quantitative estimate of drug-likeness (QED) is 0.529. The van der Waals surface area contributed by atoms with Crippen LogP contribution in [0.2, 0.25) is 15.1 Å². The van der Waals surface area contributed by atoms with Crippen LogP contribution in [0.1, 0.15) is 10.4 Å². The van der Waals surface area contributed by atoms with E-state index >= 15 is 0 Å². The highest BCUT2D eigenvalue weighted by atomic mass is 35.5. The second-order valence-electron chi connectivity index (χ2n) is 5.22. The molecular formula is C19H11Cl3O2. The van der Waals surface area contributed by atoms with Gasteiger partial charge in [-0.2, -0.15) is 0 Å². The lowest BCUT2D eigenvalue weighted by atomic mass is 9.95. The van der Waals surface area contributed by atoms with Crippen LogP contribution in [0.5, 0.6) is 5.75 Å². The van der Waals surface area contributed by atoms with E-state index in [4.69, 9.17) is 34.8 Å². The average molecular weight is 378 g/mol. The van der Waals surface area contributed by atoms with Crippen LogP contribution in [0.3, 0.4) is 0 Å². The standard InChI is InChI=1S/C19H11Cl3O2/c20-15-4-1-11(2-5-15)13-7-14(10-23)19(24)16(8-13)12-3-6-17(21)18(22)9-12/h1-10,24H. The summed E-state index contributed by atoms with van der Waals surface area (Å²) in [5.74, 6) is -0.0962. The first-order valence-electron chi connectivity index (χ1n) is 7.03. The van der Waals surface area contributed by atoms with E-state index in [1.807, 2.05) is 12.1 Å². The number of aromatic hydroxyl groups is 1. The van der Waals surface area contributed by atoms with E-state index in [1.165, 1.54) is 0 Å². The number of hydrogen-bond acceptors (Lipinski definition) is 2. The van der Waals surface area contributed by atoms with Gasteiger partial charge in [0.05, 0.1) is 15.6 Å². The van der Waals surface area contributed by atoms with Gasteiger partial charge in [-0.25, -0.2) is 0 Å². The monoisotopic (exact) mass is 376 g/mol. The van der Waals surface area contributed by atoms with Gasteiger partial charge >= 0.3 is 0 Å². The van der Waals surface area contributed by atoms with Gasteiger partial charge in [0.1, 0.15) is 5.75 Å². The third kappa shape index (κ3) is 3.27. The number of carbonyl (C=O) groups excluding carboxylic acids is 1. The van der Waals surface area contributed by atoms with Crippen LogP contribution >= 0.6 is 34.8 Å². The summed E-state index contributed by atoms with van der Waals surface area (Å²) in [6.45, 7) is 0. The highest BCUT2D eigenvalue weighted by molar-refractivity contribution is 6.42. The third-order valence-corrected chi connectivity index (χ3v) is 4.67. The minimum atomic E-state index is -0.0962. The lowest BCUT2D eigenvalue weighted by Gasteiger charge is -2.12. The maximum Gasteiger partial charge on any atom is 0.153 e. The molecule has 0 heterocycles. The summed E-state index contributed by atoms with van der Waals surface area (Å²) in [5, 5.41) is 11.8. The van der Waals surface area contributed by atoms with Crippen molar-refractivity contribution in [1.82, 2.24) is 0 Å². The average Bonchev–Trinajstić information content (AvgIpc) is 2.58. The van der Waals surface area contributed by atoms with Crippen molar-refractivity contribution in [3.05, 3.63) is 75.2 Å². The fourth-order valence-electron chi connectivity index (χ4n) is 2.44. The summed E-state index contributed by atoms with van der Waals surface area (Å²) in [6, 6.07) is 15.7. The van der Waals surface area contributed by atoms with Gasteiger partial charge in [0, 0.05) is 10.6 Å². The Bertz CT molecular complexity index is 919. The first-order chi connectivity index (χ1) is 11.5. The number of phenols is 1. The van der Waals surface area contributed by atoms with Gasteiger partial charge in [-0.15, -0.1) is 0 Å². The Morgan fingerprint density at radius 1 is 0.750 bits per heavy atom. The molecule has 0 aliphatic heterocycles. The Hall–Kier alpha value is -2.00. The first-order valence-corrected chi connectivity index (χ1v) is 8.16. The van der Waals surface area contributed by atoms with Crippen molar-refractivity contribution in [2.24, 2.45) is 0 Å². The number of halogens is 3. The van der Waals surface area contributed by atoms with Crippen molar-refractivity contribution < 1.29 is 9.90 Å². The molecule has 0 radical (unpaired) electrons. The Labute approximate surface area is 154 Å². The molecule has 0 spiro atoms. The number of aldehydes is 1. The molecule has 0 aliphatic carbocycles. The van der Waals surface area contributed by atoms with Crippen LogP contribution in [0.25, 0.3) is 22.3 Å². The number of hydrogen-bond donors (Lipinski definition) is 1. The number of rotatable bonds is 3. The van der Waals surface area contributed by atoms with E-state index in [0.29, 0.717) is 32.5 Å². The zero-order valence-electron chi connectivity index (χ0n) is 12.3. The molecule has 2 nitrogen and oxygen atoms in total. The summed E-state index contributed by atoms with van der Waals surface area (Å²) < 4.78 is 0. The van der Waals surface area contributed by atoms with Crippen LogP contribution < -0.4 is 0 Å². The summed E-state index contributed by atoms with van der Waals surface area (Å²) in [4.78, 5) is 11.3. The van der Waals surface area contributed by atoms with E-state index in [0.717, 1.165) is 11.1 Å². The zero-order valence-corrected chi connectivity index (χ0v) is 14.5. The summed E-state index contributed by atoms with van der Waals surface area (Å²) in [6.07, 6.45) is 0.621. The van der Waals surface area contributed by atoms with Crippen LogP contribution in [0.15, 0.2) is 54.6 Å². The second-order valence-corrected chi connectivity index (χ2v) is 6.47. The minimum absolute atomic E-state index is 0.0962. The molecule has 0 bridgehead atoms. The molecule has 0 atom stereocenters.